The molecule has 0 amide bonds. The van der Waals surface area contributed by atoms with Crippen LogP contribution < -0.4 is 11.3 Å². The summed E-state index contributed by atoms with van der Waals surface area (Å²) >= 11 is 0. The van der Waals surface area contributed by atoms with Gasteiger partial charge in [-0.05, 0) is 12.3 Å². The van der Waals surface area contributed by atoms with Crippen LogP contribution in [0.2, 0.25) is 0 Å². The Bertz CT molecular complexity index is 208. The molecule has 1 aliphatic heterocycles. The molecular formula is C9H16N2O2. The van der Waals surface area contributed by atoms with Gasteiger partial charge in [-0.25, -0.2) is 0 Å². The zero-order valence-corrected chi connectivity index (χ0v) is 7.77. The van der Waals surface area contributed by atoms with E-state index >= 15 is 0 Å². The van der Waals surface area contributed by atoms with E-state index in [4.69, 9.17) is 15.3 Å². The third-order valence-electron chi connectivity index (χ3n) is 2.78. The molecule has 0 aromatic carbocycles. The lowest BCUT2D eigenvalue weighted by Gasteiger charge is -2.20. The van der Waals surface area contributed by atoms with Crippen LogP contribution in [0.4, 0.5) is 0 Å². The number of fused-ring (bicyclic) bond motifs is 1. The summed E-state index contributed by atoms with van der Waals surface area (Å²) in [5, 5.41) is 0. The average molecular weight is 184 g/mol. The molecule has 74 valence electrons. The maximum atomic E-state index is 5.50. The monoisotopic (exact) mass is 184 g/mol. The highest BCUT2D eigenvalue weighted by Gasteiger charge is 2.34. The highest BCUT2D eigenvalue weighted by molar-refractivity contribution is 5.06. The molecule has 1 heterocycles. The maximum Gasteiger partial charge on any atom is 0.148 e. The van der Waals surface area contributed by atoms with Crippen molar-refractivity contribution < 1.29 is 9.47 Å². The number of hydrogen-bond donors (Lipinski definition) is 2. The molecular weight excluding hydrogens is 168 g/mol. The fraction of sp³-hybridized carbons (Fsp3) is 0.778. The van der Waals surface area contributed by atoms with Crippen molar-refractivity contribution in [2.45, 2.75) is 31.6 Å². The summed E-state index contributed by atoms with van der Waals surface area (Å²) in [5.41, 5.74) is 2.77. The minimum atomic E-state index is 0.119. The Hall–Kier alpha value is -0.420. The van der Waals surface area contributed by atoms with E-state index in [1.807, 2.05) is 6.08 Å². The van der Waals surface area contributed by atoms with Gasteiger partial charge in [0.1, 0.15) is 12.9 Å². The van der Waals surface area contributed by atoms with E-state index in [2.05, 4.69) is 18.4 Å². The predicted molar refractivity (Wildman–Crippen MR) is 48.6 cm³/mol. The summed E-state index contributed by atoms with van der Waals surface area (Å²) in [6, 6.07) is 0.243. The topological polar surface area (TPSA) is 56.5 Å². The number of hydrogen-bond acceptors (Lipinski definition) is 4. The fourth-order valence-corrected chi connectivity index (χ4v) is 2.02. The van der Waals surface area contributed by atoms with Crippen molar-refractivity contribution in [2.75, 3.05) is 6.79 Å². The molecule has 0 spiro atoms. The smallest absolute Gasteiger partial charge is 0.148 e. The van der Waals surface area contributed by atoms with E-state index in [0.29, 0.717) is 12.7 Å². The molecule has 0 radical (unpaired) electrons. The van der Waals surface area contributed by atoms with Crippen molar-refractivity contribution in [3.8, 4) is 0 Å². The second kappa shape index (κ2) is 3.75. The van der Waals surface area contributed by atoms with Gasteiger partial charge in [0.25, 0.3) is 0 Å². The molecule has 0 aromatic rings. The molecule has 0 bridgehead atoms. The Kier molecular flexibility index (Phi) is 2.64. The predicted octanol–water partition coefficient (Wildman–Crippen LogP) is 0.156. The first kappa shape index (κ1) is 9.15. The van der Waals surface area contributed by atoms with Crippen LogP contribution in [0, 0.1) is 5.92 Å². The SMILES string of the molecule is C[C@H]1CC(NN)C=C[C@H]2OCOC12. The Morgan fingerprint density at radius 1 is 1.38 bits per heavy atom. The minimum Gasteiger partial charge on any atom is -0.349 e. The fourth-order valence-electron chi connectivity index (χ4n) is 2.02. The zero-order valence-electron chi connectivity index (χ0n) is 7.77. The lowest BCUT2D eigenvalue weighted by molar-refractivity contribution is 0.0276. The quantitative estimate of drug-likeness (QED) is 0.346. The van der Waals surface area contributed by atoms with Crippen molar-refractivity contribution in [3.63, 3.8) is 0 Å². The molecule has 1 aliphatic carbocycles. The highest BCUT2D eigenvalue weighted by Crippen LogP contribution is 2.27. The number of nitrogens with one attached hydrogen (secondary N) is 1. The molecule has 13 heavy (non-hydrogen) atoms. The number of hydrazine groups is 1. The lowest BCUT2D eigenvalue weighted by Crippen LogP contribution is -2.36. The van der Waals surface area contributed by atoms with E-state index in [1.54, 1.807) is 0 Å². The van der Waals surface area contributed by atoms with Gasteiger partial charge in [0, 0.05) is 6.04 Å². The van der Waals surface area contributed by atoms with Crippen LogP contribution in [0.15, 0.2) is 12.2 Å². The number of nitrogens with two attached hydrogens (primary N) is 1. The molecule has 3 N–H and O–H groups in total. The molecule has 2 rings (SSSR count). The first-order chi connectivity index (χ1) is 6.31. The summed E-state index contributed by atoms with van der Waals surface area (Å²) in [4.78, 5) is 0. The second-order valence-electron chi connectivity index (χ2n) is 3.75. The Labute approximate surface area is 78.0 Å². The van der Waals surface area contributed by atoms with E-state index < -0.39 is 0 Å². The van der Waals surface area contributed by atoms with Crippen molar-refractivity contribution >= 4 is 0 Å². The molecule has 4 nitrogen and oxygen atoms in total. The normalized spacial score (nSPS) is 44.5. The summed E-state index contributed by atoms with van der Waals surface area (Å²) in [6.07, 6.45) is 5.43. The van der Waals surface area contributed by atoms with Crippen molar-refractivity contribution in [2.24, 2.45) is 11.8 Å². The van der Waals surface area contributed by atoms with Crippen LogP contribution in [0.5, 0.6) is 0 Å². The first-order valence-electron chi connectivity index (χ1n) is 4.69. The van der Waals surface area contributed by atoms with Gasteiger partial charge >= 0.3 is 0 Å². The van der Waals surface area contributed by atoms with Crippen LogP contribution in [-0.4, -0.2) is 25.0 Å². The van der Waals surface area contributed by atoms with Gasteiger partial charge in [-0.1, -0.05) is 19.1 Å². The lowest BCUT2D eigenvalue weighted by atomic mass is 9.96. The van der Waals surface area contributed by atoms with Crippen LogP contribution in [-0.2, 0) is 9.47 Å². The third kappa shape index (κ3) is 1.76. The van der Waals surface area contributed by atoms with Crippen molar-refractivity contribution in [1.82, 2.24) is 5.43 Å². The zero-order chi connectivity index (χ0) is 9.26. The third-order valence-corrected chi connectivity index (χ3v) is 2.78. The molecule has 4 atom stereocenters. The Balaban J connectivity index is 2.09. The van der Waals surface area contributed by atoms with E-state index in [1.165, 1.54) is 0 Å². The molecule has 2 aliphatic rings. The van der Waals surface area contributed by atoms with E-state index in [9.17, 15) is 0 Å². The summed E-state index contributed by atoms with van der Waals surface area (Å²) in [5.74, 6) is 5.88. The minimum absolute atomic E-state index is 0.119. The standard InChI is InChI=1S/C9H16N2O2/c1-6-4-7(11-10)2-3-8-9(6)13-5-12-8/h2-3,6-9,11H,4-5,10H2,1H3/t6-,7?,8+,9?/m0/s1. The Morgan fingerprint density at radius 2 is 2.23 bits per heavy atom. The molecule has 1 fully saturated rings. The van der Waals surface area contributed by atoms with Crippen LogP contribution in [0.3, 0.4) is 0 Å². The number of rotatable bonds is 1. The first-order valence-corrected chi connectivity index (χ1v) is 4.69. The van der Waals surface area contributed by atoms with Gasteiger partial charge in [0.2, 0.25) is 0 Å². The molecule has 2 unspecified atom stereocenters. The van der Waals surface area contributed by atoms with Crippen molar-refractivity contribution in [3.05, 3.63) is 12.2 Å². The molecule has 1 saturated heterocycles. The van der Waals surface area contributed by atoms with Crippen LogP contribution in [0.1, 0.15) is 13.3 Å². The molecule has 0 aromatic heterocycles. The summed E-state index contributed by atoms with van der Waals surface area (Å²) in [7, 11) is 0. The largest absolute Gasteiger partial charge is 0.349 e. The molecule has 0 saturated carbocycles. The Morgan fingerprint density at radius 3 is 3.00 bits per heavy atom. The van der Waals surface area contributed by atoms with Crippen LogP contribution in [0.25, 0.3) is 0 Å². The van der Waals surface area contributed by atoms with Gasteiger partial charge in [-0.2, -0.15) is 0 Å². The number of ether oxygens (including phenoxy) is 2. The maximum absolute atomic E-state index is 5.50. The van der Waals surface area contributed by atoms with Gasteiger partial charge < -0.3 is 9.47 Å². The van der Waals surface area contributed by atoms with Gasteiger partial charge in [-0.15, -0.1) is 0 Å². The summed E-state index contributed by atoms with van der Waals surface area (Å²) < 4.78 is 10.9. The average Bonchev–Trinajstić information content (AvgIpc) is 2.54. The van der Waals surface area contributed by atoms with Gasteiger partial charge in [0.05, 0.1) is 6.10 Å². The van der Waals surface area contributed by atoms with Gasteiger partial charge in [-0.3, -0.25) is 11.3 Å². The van der Waals surface area contributed by atoms with E-state index in [0.717, 1.165) is 6.42 Å². The highest BCUT2D eigenvalue weighted by atomic mass is 16.7. The van der Waals surface area contributed by atoms with Crippen molar-refractivity contribution in [1.29, 1.82) is 0 Å². The molecule has 4 heteroatoms. The van der Waals surface area contributed by atoms with Crippen LogP contribution >= 0.6 is 0 Å². The summed E-state index contributed by atoms with van der Waals surface area (Å²) in [6.45, 7) is 2.59. The van der Waals surface area contributed by atoms with Gasteiger partial charge in [0.15, 0.2) is 0 Å². The van der Waals surface area contributed by atoms with E-state index in [-0.39, 0.29) is 18.2 Å². The second-order valence-corrected chi connectivity index (χ2v) is 3.75.